The molecule has 5 heteroatoms. The molecule has 1 amide bonds. The molecule has 0 saturated carbocycles. The molecule has 0 bridgehead atoms. The summed E-state index contributed by atoms with van der Waals surface area (Å²) in [5, 5.41) is 6.47. The smallest absolute Gasteiger partial charge is 0.254 e. The molecule has 2 aliphatic heterocycles. The Morgan fingerprint density at radius 1 is 1.18 bits per heavy atom. The van der Waals surface area contributed by atoms with E-state index in [1.165, 1.54) is 0 Å². The fraction of sp³-hybridized carbons (Fsp3) is 0.529. The van der Waals surface area contributed by atoms with Crippen LogP contribution in [0.15, 0.2) is 29.4 Å². The van der Waals surface area contributed by atoms with Gasteiger partial charge in [-0.3, -0.25) is 9.80 Å². The van der Waals surface area contributed by atoms with Crippen molar-refractivity contribution in [3.05, 3.63) is 29.8 Å². The van der Waals surface area contributed by atoms with Crippen LogP contribution in [-0.4, -0.2) is 48.4 Å². The van der Waals surface area contributed by atoms with Crippen molar-refractivity contribution in [3.8, 4) is 0 Å². The standard InChI is InChI=1S/C17H23N3O2/c1-12-8-9-20(18-12)16-6-4-15(5-7-16)17(21)19-10-13(2)22-14(3)11-19/h4-7,13-14H,8-11H2,1-3H3/t13-,14-/m1/s1. The topological polar surface area (TPSA) is 45.1 Å². The summed E-state index contributed by atoms with van der Waals surface area (Å²) >= 11 is 0. The maximum absolute atomic E-state index is 12.6. The van der Waals surface area contributed by atoms with Crippen molar-refractivity contribution in [2.45, 2.75) is 39.4 Å². The van der Waals surface area contributed by atoms with Gasteiger partial charge < -0.3 is 9.64 Å². The number of hydrogen-bond donors (Lipinski definition) is 0. The predicted molar refractivity (Wildman–Crippen MR) is 87.4 cm³/mol. The van der Waals surface area contributed by atoms with Crippen molar-refractivity contribution in [3.63, 3.8) is 0 Å². The molecule has 2 aliphatic rings. The van der Waals surface area contributed by atoms with Crippen LogP contribution < -0.4 is 5.01 Å². The van der Waals surface area contributed by atoms with Gasteiger partial charge in [-0.15, -0.1) is 0 Å². The number of ether oxygens (including phenoxy) is 1. The number of nitrogens with zero attached hydrogens (tertiary/aromatic N) is 3. The zero-order valence-corrected chi connectivity index (χ0v) is 13.5. The average molecular weight is 301 g/mol. The van der Waals surface area contributed by atoms with Gasteiger partial charge in [0.25, 0.3) is 5.91 Å². The van der Waals surface area contributed by atoms with E-state index in [4.69, 9.17) is 4.74 Å². The molecule has 3 rings (SSSR count). The summed E-state index contributed by atoms with van der Waals surface area (Å²) in [6.07, 6.45) is 1.19. The van der Waals surface area contributed by atoms with E-state index in [1.807, 2.05) is 54.9 Å². The Morgan fingerprint density at radius 2 is 1.82 bits per heavy atom. The van der Waals surface area contributed by atoms with Crippen LogP contribution in [0.2, 0.25) is 0 Å². The third-order valence-corrected chi connectivity index (χ3v) is 4.10. The minimum atomic E-state index is 0.0784. The van der Waals surface area contributed by atoms with Crippen molar-refractivity contribution in [2.75, 3.05) is 24.6 Å². The fourth-order valence-corrected chi connectivity index (χ4v) is 3.06. The quantitative estimate of drug-likeness (QED) is 0.843. The van der Waals surface area contributed by atoms with Crippen LogP contribution in [0.4, 0.5) is 5.69 Å². The molecule has 1 aromatic carbocycles. The Morgan fingerprint density at radius 3 is 2.36 bits per heavy atom. The molecule has 1 fully saturated rings. The number of hydrazone groups is 1. The molecular weight excluding hydrogens is 278 g/mol. The molecule has 0 aliphatic carbocycles. The number of amides is 1. The van der Waals surface area contributed by atoms with E-state index in [9.17, 15) is 4.79 Å². The number of carbonyl (C=O) groups is 1. The molecule has 1 aromatic rings. The van der Waals surface area contributed by atoms with E-state index >= 15 is 0 Å². The van der Waals surface area contributed by atoms with Crippen LogP contribution in [0.3, 0.4) is 0 Å². The number of anilines is 1. The van der Waals surface area contributed by atoms with Gasteiger partial charge in [0.1, 0.15) is 0 Å². The summed E-state index contributed by atoms with van der Waals surface area (Å²) in [4.78, 5) is 14.5. The van der Waals surface area contributed by atoms with E-state index in [0.717, 1.165) is 29.9 Å². The van der Waals surface area contributed by atoms with Gasteiger partial charge in [-0.05, 0) is 45.0 Å². The summed E-state index contributed by atoms with van der Waals surface area (Å²) in [5.41, 5.74) is 2.92. The summed E-state index contributed by atoms with van der Waals surface area (Å²) < 4.78 is 5.68. The molecule has 0 N–H and O–H groups in total. The molecule has 118 valence electrons. The number of carbonyl (C=O) groups excluding carboxylic acids is 1. The summed E-state index contributed by atoms with van der Waals surface area (Å²) in [6.45, 7) is 8.27. The second-order valence-corrected chi connectivity index (χ2v) is 6.22. The molecule has 22 heavy (non-hydrogen) atoms. The fourth-order valence-electron chi connectivity index (χ4n) is 3.06. The lowest BCUT2D eigenvalue weighted by Crippen LogP contribution is -2.48. The Bertz CT molecular complexity index is 572. The maximum atomic E-state index is 12.6. The maximum Gasteiger partial charge on any atom is 0.254 e. The zero-order valence-electron chi connectivity index (χ0n) is 13.5. The van der Waals surface area contributed by atoms with Gasteiger partial charge in [0.05, 0.1) is 17.9 Å². The number of rotatable bonds is 2. The lowest BCUT2D eigenvalue weighted by molar-refractivity contribution is -0.0586. The lowest BCUT2D eigenvalue weighted by Gasteiger charge is -2.35. The van der Waals surface area contributed by atoms with Crippen LogP contribution in [0.25, 0.3) is 0 Å². The number of benzene rings is 1. The Kier molecular flexibility index (Phi) is 4.16. The first-order valence-electron chi connectivity index (χ1n) is 7.89. The summed E-state index contributed by atoms with van der Waals surface area (Å²) in [7, 11) is 0. The third-order valence-electron chi connectivity index (χ3n) is 4.10. The van der Waals surface area contributed by atoms with E-state index in [-0.39, 0.29) is 18.1 Å². The van der Waals surface area contributed by atoms with Crippen LogP contribution in [0.1, 0.15) is 37.6 Å². The van der Waals surface area contributed by atoms with Crippen LogP contribution >= 0.6 is 0 Å². The average Bonchev–Trinajstić information content (AvgIpc) is 2.92. The number of hydrogen-bond acceptors (Lipinski definition) is 4. The molecule has 0 aromatic heterocycles. The molecule has 0 spiro atoms. The number of morpholine rings is 1. The van der Waals surface area contributed by atoms with Crippen LogP contribution in [0.5, 0.6) is 0 Å². The summed E-state index contributed by atoms with van der Waals surface area (Å²) in [6, 6.07) is 7.74. The second kappa shape index (κ2) is 6.08. The highest BCUT2D eigenvalue weighted by atomic mass is 16.5. The van der Waals surface area contributed by atoms with Crippen molar-refractivity contribution < 1.29 is 9.53 Å². The Hall–Kier alpha value is -1.88. The van der Waals surface area contributed by atoms with Crippen LogP contribution in [0, 0.1) is 0 Å². The van der Waals surface area contributed by atoms with E-state index < -0.39 is 0 Å². The zero-order chi connectivity index (χ0) is 15.7. The minimum Gasteiger partial charge on any atom is -0.372 e. The molecule has 2 heterocycles. The van der Waals surface area contributed by atoms with E-state index in [0.29, 0.717) is 13.1 Å². The third kappa shape index (κ3) is 3.14. The Balaban J connectivity index is 1.71. The highest BCUT2D eigenvalue weighted by Crippen LogP contribution is 2.21. The van der Waals surface area contributed by atoms with Gasteiger partial charge in [0.2, 0.25) is 0 Å². The SMILES string of the molecule is CC1=NN(c2ccc(C(=O)N3C[C@@H](C)O[C@H](C)C3)cc2)CC1. The molecule has 1 saturated heterocycles. The first-order valence-corrected chi connectivity index (χ1v) is 7.89. The van der Waals surface area contributed by atoms with Crippen LogP contribution in [-0.2, 0) is 4.74 Å². The molecule has 5 nitrogen and oxygen atoms in total. The minimum absolute atomic E-state index is 0.0784. The van der Waals surface area contributed by atoms with E-state index in [1.54, 1.807) is 0 Å². The highest BCUT2D eigenvalue weighted by molar-refractivity contribution is 5.94. The van der Waals surface area contributed by atoms with Gasteiger partial charge in [0, 0.05) is 37.3 Å². The lowest BCUT2D eigenvalue weighted by atomic mass is 10.1. The van der Waals surface area contributed by atoms with Gasteiger partial charge in [0.15, 0.2) is 0 Å². The molecular formula is C17H23N3O2. The van der Waals surface area contributed by atoms with Gasteiger partial charge in [-0.25, -0.2) is 0 Å². The van der Waals surface area contributed by atoms with Crippen molar-refractivity contribution in [1.29, 1.82) is 0 Å². The molecule has 0 radical (unpaired) electrons. The predicted octanol–water partition coefficient (Wildman–Crippen LogP) is 2.52. The van der Waals surface area contributed by atoms with Crippen molar-refractivity contribution >= 4 is 17.3 Å². The first-order chi connectivity index (χ1) is 10.5. The Labute approximate surface area is 131 Å². The summed E-state index contributed by atoms with van der Waals surface area (Å²) in [5.74, 6) is 0.0784. The second-order valence-electron chi connectivity index (χ2n) is 6.22. The molecule has 2 atom stereocenters. The normalized spacial score (nSPS) is 25.3. The highest BCUT2D eigenvalue weighted by Gasteiger charge is 2.26. The molecule has 0 unspecified atom stereocenters. The van der Waals surface area contributed by atoms with Crippen molar-refractivity contribution in [1.82, 2.24) is 4.90 Å². The van der Waals surface area contributed by atoms with E-state index in [2.05, 4.69) is 5.10 Å². The van der Waals surface area contributed by atoms with Gasteiger partial charge >= 0.3 is 0 Å². The first kappa shape index (κ1) is 15.0. The van der Waals surface area contributed by atoms with Gasteiger partial charge in [-0.2, -0.15) is 5.10 Å². The monoisotopic (exact) mass is 301 g/mol. The van der Waals surface area contributed by atoms with Crippen molar-refractivity contribution in [2.24, 2.45) is 5.10 Å². The largest absolute Gasteiger partial charge is 0.372 e. The van der Waals surface area contributed by atoms with Gasteiger partial charge in [-0.1, -0.05) is 0 Å².